The van der Waals surface area contributed by atoms with Gasteiger partial charge in [-0.2, -0.15) is 18.4 Å². The van der Waals surface area contributed by atoms with Crippen LogP contribution in [0.5, 0.6) is 5.75 Å². The van der Waals surface area contributed by atoms with Crippen molar-refractivity contribution in [2.24, 2.45) is 0 Å². The van der Waals surface area contributed by atoms with Gasteiger partial charge in [0.25, 0.3) is 5.91 Å². The molecule has 0 atom stereocenters. The molecule has 0 radical (unpaired) electrons. The van der Waals surface area contributed by atoms with Gasteiger partial charge in [0.1, 0.15) is 5.75 Å². The first kappa shape index (κ1) is 18.3. The van der Waals surface area contributed by atoms with E-state index in [0.29, 0.717) is 18.6 Å². The van der Waals surface area contributed by atoms with E-state index in [1.54, 1.807) is 0 Å². The maximum absolute atomic E-state index is 12.9. The highest BCUT2D eigenvalue weighted by atomic mass is 19.4. The van der Waals surface area contributed by atoms with Crippen LogP contribution >= 0.6 is 0 Å². The fraction of sp³-hybridized carbons (Fsp3) is 0.222. The largest absolute Gasteiger partial charge is 0.491 e. The zero-order valence-electron chi connectivity index (χ0n) is 13.4. The van der Waals surface area contributed by atoms with Crippen LogP contribution in [-0.2, 0) is 6.18 Å². The lowest BCUT2D eigenvalue weighted by Gasteiger charge is -2.15. The minimum atomic E-state index is -4.53. The lowest BCUT2D eigenvalue weighted by Crippen LogP contribution is -2.14. The van der Waals surface area contributed by atoms with Crippen molar-refractivity contribution in [3.63, 3.8) is 0 Å². The predicted molar refractivity (Wildman–Crippen MR) is 86.3 cm³/mol. The highest BCUT2D eigenvalue weighted by Crippen LogP contribution is 2.35. The molecule has 2 aromatic carbocycles. The van der Waals surface area contributed by atoms with Crippen molar-refractivity contribution in [3.05, 3.63) is 59.2 Å². The second-order valence-corrected chi connectivity index (χ2v) is 5.20. The molecule has 0 aliphatic heterocycles. The van der Waals surface area contributed by atoms with Crippen molar-refractivity contribution in [2.75, 3.05) is 11.9 Å². The smallest absolute Gasteiger partial charge is 0.416 e. The number of hydrogen-bond donors (Lipinski definition) is 1. The van der Waals surface area contributed by atoms with Crippen LogP contribution in [0.4, 0.5) is 18.9 Å². The number of amides is 1. The summed E-state index contributed by atoms with van der Waals surface area (Å²) in [6.45, 7) is 2.17. The zero-order valence-corrected chi connectivity index (χ0v) is 13.4. The van der Waals surface area contributed by atoms with Gasteiger partial charge in [0.15, 0.2) is 0 Å². The van der Waals surface area contributed by atoms with E-state index < -0.39 is 17.6 Å². The highest BCUT2D eigenvalue weighted by Gasteiger charge is 2.31. The van der Waals surface area contributed by atoms with Crippen molar-refractivity contribution in [2.45, 2.75) is 19.5 Å². The Balaban J connectivity index is 2.30. The van der Waals surface area contributed by atoms with Gasteiger partial charge in [0, 0.05) is 5.56 Å². The van der Waals surface area contributed by atoms with Crippen LogP contribution in [0, 0.1) is 11.3 Å². The van der Waals surface area contributed by atoms with Gasteiger partial charge in [-0.25, -0.2) is 0 Å². The van der Waals surface area contributed by atoms with E-state index in [1.807, 2.05) is 13.0 Å². The molecule has 0 aromatic heterocycles. The maximum atomic E-state index is 12.9. The van der Waals surface area contributed by atoms with Gasteiger partial charge in [-0.3, -0.25) is 4.79 Å². The summed E-state index contributed by atoms with van der Waals surface area (Å²) >= 11 is 0. The zero-order chi connectivity index (χ0) is 18.4. The summed E-state index contributed by atoms with van der Waals surface area (Å²) in [7, 11) is 0. The molecule has 0 unspecified atom stereocenters. The van der Waals surface area contributed by atoms with Gasteiger partial charge < -0.3 is 10.1 Å². The number of nitriles is 1. The van der Waals surface area contributed by atoms with E-state index in [4.69, 9.17) is 10.00 Å². The van der Waals surface area contributed by atoms with E-state index in [1.165, 1.54) is 30.3 Å². The minimum absolute atomic E-state index is 0.0577. The normalized spacial score (nSPS) is 10.8. The van der Waals surface area contributed by atoms with Crippen LogP contribution in [0.25, 0.3) is 0 Å². The molecular weight excluding hydrogens is 333 g/mol. The van der Waals surface area contributed by atoms with Crippen molar-refractivity contribution in [3.8, 4) is 11.8 Å². The molecule has 7 heteroatoms. The minimum Gasteiger partial charge on any atom is -0.491 e. The SMILES string of the molecule is CCCOc1ccc(C(F)(F)F)cc1NC(=O)c1ccc(C#N)cc1. The molecular formula is C18H15F3N2O2. The third kappa shape index (κ3) is 4.73. The number of nitrogens with zero attached hydrogens (tertiary/aromatic N) is 1. The molecule has 0 heterocycles. The van der Waals surface area contributed by atoms with Gasteiger partial charge in [-0.05, 0) is 48.9 Å². The average molecular weight is 348 g/mol. The second-order valence-electron chi connectivity index (χ2n) is 5.20. The molecule has 0 saturated heterocycles. The van der Waals surface area contributed by atoms with Gasteiger partial charge in [0.05, 0.1) is 29.5 Å². The molecule has 25 heavy (non-hydrogen) atoms. The van der Waals surface area contributed by atoms with Crippen molar-refractivity contribution >= 4 is 11.6 Å². The quantitative estimate of drug-likeness (QED) is 0.858. The maximum Gasteiger partial charge on any atom is 0.416 e. The van der Waals surface area contributed by atoms with E-state index in [-0.39, 0.29) is 17.0 Å². The van der Waals surface area contributed by atoms with E-state index >= 15 is 0 Å². The van der Waals surface area contributed by atoms with Crippen molar-refractivity contribution in [1.29, 1.82) is 5.26 Å². The molecule has 0 aliphatic carbocycles. The van der Waals surface area contributed by atoms with Gasteiger partial charge >= 0.3 is 6.18 Å². The van der Waals surface area contributed by atoms with Crippen molar-refractivity contribution < 1.29 is 22.7 Å². The summed E-state index contributed by atoms with van der Waals surface area (Å²) in [5.74, 6) is -0.429. The van der Waals surface area contributed by atoms with Gasteiger partial charge in [-0.15, -0.1) is 0 Å². The lowest BCUT2D eigenvalue weighted by atomic mass is 10.1. The lowest BCUT2D eigenvalue weighted by molar-refractivity contribution is -0.137. The number of nitrogens with one attached hydrogen (secondary N) is 1. The number of rotatable bonds is 5. The van der Waals surface area contributed by atoms with Crippen LogP contribution in [0.1, 0.15) is 34.8 Å². The first-order valence-electron chi connectivity index (χ1n) is 7.50. The fourth-order valence-electron chi connectivity index (χ4n) is 2.03. The van der Waals surface area contributed by atoms with Crippen LogP contribution in [-0.4, -0.2) is 12.5 Å². The molecule has 2 rings (SSSR count). The molecule has 0 spiro atoms. The number of ether oxygens (including phenoxy) is 1. The molecule has 0 aliphatic rings. The van der Waals surface area contributed by atoms with Crippen LogP contribution < -0.4 is 10.1 Å². The Morgan fingerprint density at radius 2 is 1.88 bits per heavy atom. The number of carbonyl (C=O) groups is 1. The van der Waals surface area contributed by atoms with E-state index in [2.05, 4.69) is 5.32 Å². The monoisotopic (exact) mass is 348 g/mol. The topological polar surface area (TPSA) is 62.1 Å². The third-order valence-corrected chi connectivity index (χ3v) is 3.29. The Morgan fingerprint density at radius 1 is 1.20 bits per heavy atom. The van der Waals surface area contributed by atoms with Crippen LogP contribution in [0.3, 0.4) is 0 Å². The molecule has 130 valence electrons. The molecule has 2 aromatic rings. The summed E-state index contributed by atoms with van der Waals surface area (Å²) in [5, 5.41) is 11.2. The Labute approximate surface area is 142 Å². The average Bonchev–Trinajstić information content (AvgIpc) is 2.59. The summed E-state index contributed by atoms with van der Waals surface area (Å²) in [6.07, 6.45) is -3.86. The summed E-state index contributed by atoms with van der Waals surface area (Å²) in [5.41, 5.74) is -0.343. The number of benzene rings is 2. The summed E-state index contributed by atoms with van der Waals surface area (Å²) in [6, 6.07) is 10.6. The van der Waals surface area contributed by atoms with Gasteiger partial charge in [0.2, 0.25) is 0 Å². The van der Waals surface area contributed by atoms with Crippen LogP contribution in [0.15, 0.2) is 42.5 Å². The Morgan fingerprint density at radius 3 is 2.44 bits per heavy atom. The molecule has 0 saturated carbocycles. The molecule has 1 amide bonds. The first-order valence-corrected chi connectivity index (χ1v) is 7.50. The molecule has 1 N–H and O–H groups in total. The molecule has 0 fully saturated rings. The fourth-order valence-corrected chi connectivity index (χ4v) is 2.03. The second kappa shape index (κ2) is 7.71. The Kier molecular flexibility index (Phi) is 5.65. The number of carbonyl (C=O) groups excluding carboxylic acids is 1. The summed E-state index contributed by atoms with van der Waals surface area (Å²) < 4.78 is 44.1. The van der Waals surface area contributed by atoms with E-state index in [0.717, 1.165) is 12.1 Å². The van der Waals surface area contributed by atoms with Gasteiger partial charge in [-0.1, -0.05) is 6.92 Å². The van der Waals surface area contributed by atoms with Crippen LogP contribution in [0.2, 0.25) is 0 Å². The number of halogens is 3. The Hall–Kier alpha value is -3.01. The molecule has 4 nitrogen and oxygen atoms in total. The van der Waals surface area contributed by atoms with E-state index in [9.17, 15) is 18.0 Å². The Bertz CT molecular complexity index is 793. The highest BCUT2D eigenvalue weighted by molar-refractivity contribution is 6.05. The van der Waals surface area contributed by atoms with Crippen molar-refractivity contribution in [1.82, 2.24) is 0 Å². The summed E-state index contributed by atoms with van der Waals surface area (Å²) in [4.78, 5) is 12.3. The number of alkyl halides is 3. The molecule has 0 bridgehead atoms. The third-order valence-electron chi connectivity index (χ3n) is 3.29. The first-order chi connectivity index (χ1) is 11.8. The standard InChI is InChI=1S/C18H15F3N2O2/c1-2-9-25-16-8-7-14(18(19,20)21)10-15(16)23-17(24)13-5-3-12(11-22)4-6-13/h3-8,10H,2,9H2,1H3,(H,23,24). The number of anilines is 1. The number of hydrogen-bond acceptors (Lipinski definition) is 3. The predicted octanol–water partition coefficient (Wildman–Crippen LogP) is 4.62.